The van der Waals surface area contributed by atoms with Gasteiger partial charge in [0.2, 0.25) is 10.0 Å². The Kier molecular flexibility index (Phi) is 5.83. The Morgan fingerprint density at radius 2 is 1.92 bits per heavy atom. The molecule has 24 heavy (non-hydrogen) atoms. The Morgan fingerprint density at radius 3 is 2.50 bits per heavy atom. The molecule has 0 unspecified atom stereocenters. The van der Waals surface area contributed by atoms with Gasteiger partial charge in [-0.3, -0.25) is 4.79 Å². The average Bonchev–Trinajstić information content (AvgIpc) is 2.98. The van der Waals surface area contributed by atoms with Crippen LogP contribution in [0, 0.1) is 0 Å². The van der Waals surface area contributed by atoms with E-state index >= 15 is 0 Å². The molecule has 0 atom stereocenters. The zero-order chi connectivity index (χ0) is 17.9. The van der Waals surface area contributed by atoms with Gasteiger partial charge in [-0.15, -0.1) is 0 Å². The lowest BCUT2D eigenvalue weighted by Crippen LogP contribution is -2.31. The Morgan fingerprint density at radius 1 is 1.25 bits per heavy atom. The molecule has 1 aliphatic heterocycles. The van der Waals surface area contributed by atoms with Gasteiger partial charge in [-0.1, -0.05) is 26.8 Å². The fourth-order valence-electron chi connectivity index (χ4n) is 3.07. The predicted octanol–water partition coefficient (Wildman–Crippen LogP) is 2.96. The molecule has 1 aromatic carbocycles. The van der Waals surface area contributed by atoms with E-state index in [2.05, 4.69) is 0 Å². The van der Waals surface area contributed by atoms with Crippen molar-refractivity contribution in [2.45, 2.75) is 45.4 Å². The van der Waals surface area contributed by atoms with E-state index in [-0.39, 0.29) is 5.91 Å². The number of allylic oxidation sites excluding steroid dienone is 1. The molecule has 0 saturated carbocycles. The summed E-state index contributed by atoms with van der Waals surface area (Å²) < 4.78 is 26.7. The highest BCUT2D eigenvalue weighted by molar-refractivity contribution is 7.89. The maximum Gasteiger partial charge on any atom is 0.253 e. The van der Waals surface area contributed by atoms with Gasteiger partial charge in [0, 0.05) is 30.9 Å². The minimum Gasteiger partial charge on any atom is -0.308 e. The van der Waals surface area contributed by atoms with E-state index in [1.807, 2.05) is 33.8 Å². The quantitative estimate of drug-likeness (QED) is 0.741. The van der Waals surface area contributed by atoms with Gasteiger partial charge in [-0.25, -0.2) is 8.42 Å². The number of amides is 1. The van der Waals surface area contributed by atoms with E-state index in [0.717, 1.165) is 23.2 Å². The molecule has 132 valence electrons. The molecule has 0 saturated heterocycles. The molecule has 2 rings (SSSR count). The maximum absolute atomic E-state index is 12.6. The van der Waals surface area contributed by atoms with Crippen LogP contribution in [-0.2, 0) is 21.2 Å². The van der Waals surface area contributed by atoms with Gasteiger partial charge in [-0.2, -0.15) is 4.31 Å². The molecule has 5 nitrogen and oxygen atoms in total. The standard InChI is InChI=1S/C18H26N2O3S/c1-5-8-14(4)18(21)20-12-11-15-13-16(9-10-17(15)20)24(22,23)19(6-2)7-3/h8-10,13H,5-7,11-12H2,1-4H3/b14-8-. The summed E-state index contributed by atoms with van der Waals surface area (Å²) >= 11 is 0. The summed E-state index contributed by atoms with van der Waals surface area (Å²) in [6.07, 6.45) is 3.42. The van der Waals surface area contributed by atoms with E-state index in [1.54, 1.807) is 23.1 Å². The van der Waals surface area contributed by atoms with E-state index < -0.39 is 10.0 Å². The topological polar surface area (TPSA) is 57.7 Å². The van der Waals surface area contributed by atoms with Gasteiger partial charge in [0.1, 0.15) is 0 Å². The molecule has 0 spiro atoms. The van der Waals surface area contributed by atoms with E-state index in [9.17, 15) is 13.2 Å². The molecule has 0 bridgehead atoms. The lowest BCUT2D eigenvalue weighted by atomic mass is 10.1. The maximum atomic E-state index is 12.6. The minimum absolute atomic E-state index is 0.00468. The first-order chi connectivity index (χ1) is 11.4. The summed E-state index contributed by atoms with van der Waals surface area (Å²) in [5.74, 6) is -0.00468. The minimum atomic E-state index is -3.47. The third kappa shape index (κ3) is 3.39. The number of benzene rings is 1. The molecular weight excluding hydrogens is 324 g/mol. The van der Waals surface area contributed by atoms with Crippen molar-refractivity contribution in [2.24, 2.45) is 0 Å². The van der Waals surface area contributed by atoms with Crippen LogP contribution >= 0.6 is 0 Å². The first kappa shape index (κ1) is 18.7. The number of fused-ring (bicyclic) bond motifs is 1. The number of nitrogens with zero attached hydrogens (tertiary/aromatic N) is 2. The van der Waals surface area contributed by atoms with E-state index in [4.69, 9.17) is 0 Å². The number of hydrogen-bond donors (Lipinski definition) is 0. The summed E-state index contributed by atoms with van der Waals surface area (Å²) in [4.78, 5) is 14.6. The fourth-order valence-corrected chi connectivity index (χ4v) is 4.58. The zero-order valence-corrected chi connectivity index (χ0v) is 15.7. The number of anilines is 1. The van der Waals surface area contributed by atoms with Crippen LogP contribution in [0.4, 0.5) is 5.69 Å². The molecule has 1 aromatic rings. The molecule has 0 radical (unpaired) electrons. The summed E-state index contributed by atoms with van der Waals surface area (Å²) in [6, 6.07) is 5.09. The highest BCUT2D eigenvalue weighted by Crippen LogP contribution is 2.32. The van der Waals surface area contributed by atoms with Crippen molar-refractivity contribution in [1.82, 2.24) is 4.31 Å². The number of carbonyl (C=O) groups is 1. The highest BCUT2D eigenvalue weighted by atomic mass is 32.2. The van der Waals surface area contributed by atoms with Crippen molar-refractivity contribution >= 4 is 21.6 Å². The van der Waals surface area contributed by atoms with Crippen LogP contribution < -0.4 is 4.90 Å². The monoisotopic (exact) mass is 350 g/mol. The number of sulfonamides is 1. The Labute approximate surface area is 145 Å². The van der Waals surface area contributed by atoms with Gasteiger partial charge >= 0.3 is 0 Å². The summed E-state index contributed by atoms with van der Waals surface area (Å²) in [5.41, 5.74) is 2.47. The molecule has 1 aliphatic rings. The van der Waals surface area contributed by atoms with Crippen LogP contribution in [0.15, 0.2) is 34.7 Å². The highest BCUT2D eigenvalue weighted by Gasteiger charge is 2.28. The second-order valence-corrected chi connectivity index (χ2v) is 7.82. The molecule has 6 heteroatoms. The number of carbonyl (C=O) groups excluding carboxylic acids is 1. The summed E-state index contributed by atoms with van der Waals surface area (Å²) in [7, 11) is -3.47. The van der Waals surface area contributed by atoms with Crippen molar-refractivity contribution in [3.63, 3.8) is 0 Å². The first-order valence-electron chi connectivity index (χ1n) is 8.48. The van der Waals surface area contributed by atoms with Gasteiger partial charge in [0.05, 0.1) is 4.90 Å². The molecule has 1 heterocycles. The summed E-state index contributed by atoms with van der Waals surface area (Å²) in [6.45, 7) is 8.97. The molecular formula is C18H26N2O3S. The Balaban J connectivity index is 2.35. The van der Waals surface area contributed by atoms with Crippen LogP contribution in [0.2, 0.25) is 0 Å². The molecule has 0 aromatic heterocycles. The van der Waals surface area contributed by atoms with Crippen LogP contribution in [-0.4, -0.2) is 38.3 Å². The zero-order valence-electron chi connectivity index (χ0n) is 14.9. The molecule has 0 N–H and O–H groups in total. The van der Waals surface area contributed by atoms with Gasteiger partial charge in [0.15, 0.2) is 0 Å². The second-order valence-electron chi connectivity index (χ2n) is 5.88. The largest absolute Gasteiger partial charge is 0.308 e. The number of rotatable bonds is 6. The van der Waals surface area contributed by atoms with E-state index in [0.29, 0.717) is 31.0 Å². The fraction of sp³-hybridized carbons (Fsp3) is 0.500. The Bertz CT molecular complexity index is 750. The van der Waals surface area contributed by atoms with Gasteiger partial charge in [-0.05, 0) is 43.5 Å². The molecule has 1 amide bonds. The van der Waals surface area contributed by atoms with E-state index in [1.165, 1.54) is 4.31 Å². The van der Waals surface area contributed by atoms with Crippen molar-refractivity contribution in [3.8, 4) is 0 Å². The third-order valence-corrected chi connectivity index (χ3v) is 6.43. The van der Waals surface area contributed by atoms with Crippen LogP contribution in [0.1, 0.15) is 39.7 Å². The lowest BCUT2D eigenvalue weighted by Gasteiger charge is -2.20. The van der Waals surface area contributed by atoms with Crippen molar-refractivity contribution in [2.75, 3.05) is 24.5 Å². The normalized spacial score (nSPS) is 15.0. The van der Waals surface area contributed by atoms with Crippen molar-refractivity contribution in [1.29, 1.82) is 0 Å². The SMILES string of the molecule is CC/C=C(/C)C(=O)N1CCc2cc(S(=O)(=O)N(CC)CC)ccc21. The third-order valence-electron chi connectivity index (χ3n) is 4.38. The van der Waals surface area contributed by atoms with Crippen molar-refractivity contribution in [3.05, 3.63) is 35.4 Å². The lowest BCUT2D eigenvalue weighted by molar-refractivity contribution is -0.115. The average molecular weight is 350 g/mol. The first-order valence-corrected chi connectivity index (χ1v) is 9.92. The predicted molar refractivity (Wildman–Crippen MR) is 96.7 cm³/mol. The van der Waals surface area contributed by atoms with Crippen molar-refractivity contribution < 1.29 is 13.2 Å². The van der Waals surface area contributed by atoms with Crippen LogP contribution in [0.25, 0.3) is 0 Å². The smallest absolute Gasteiger partial charge is 0.253 e. The summed E-state index contributed by atoms with van der Waals surface area (Å²) in [5, 5.41) is 0. The van der Waals surface area contributed by atoms with Crippen LogP contribution in [0.3, 0.4) is 0 Å². The molecule has 0 aliphatic carbocycles. The second kappa shape index (κ2) is 7.49. The van der Waals surface area contributed by atoms with Gasteiger partial charge < -0.3 is 4.90 Å². The van der Waals surface area contributed by atoms with Crippen LogP contribution in [0.5, 0.6) is 0 Å². The Hall–Kier alpha value is -1.66. The number of hydrogen-bond acceptors (Lipinski definition) is 3. The van der Waals surface area contributed by atoms with Gasteiger partial charge in [0.25, 0.3) is 5.91 Å². The molecule has 0 fully saturated rings.